The van der Waals surface area contributed by atoms with Crippen LogP contribution in [0.25, 0.3) is 0 Å². The molecule has 2 aliphatic rings. The van der Waals surface area contributed by atoms with Gasteiger partial charge in [-0.1, -0.05) is 0 Å². The lowest BCUT2D eigenvalue weighted by molar-refractivity contribution is 0.0102. The number of piperidine rings is 2. The highest BCUT2D eigenvalue weighted by Gasteiger charge is 2.41. The van der Waals surface area contributed by atoms with Crippen LogP contribution in [0.4, 0.5) is 0 Å². The van der Waals surface area contributed by atoms with Crippen LogP contribution in [-0.4, -0.2) is 61.4 Å². The van der Waals surface area contributed by atoms with Gasteiger partial charge in [0.25, 0.3) is 5.91 Å². The lowest BCUT2D eigenvalue weighted by atomic mass is 9.73. The van der Waals surface area contributed by atoms with Crippen molar-refractivity contribution in [3.8, 4) is 0 Å². The molecule has 1 amide bonds. The quantitative estimate of drug-likeness (QED) is 0.829. The maximum absolute atomic E-state index is 13.1. The summed E-state index contributed by atoms with van der Waals surface area (Å²) < 4.78 is 3.68. The van der Waals surface area contributed by atoms with Gasteiger partial charge in [-0.3, -0.25) is 19.1 Å². The normalized spacial score (nSPS) is 23.9. The van der Waals surface area contributed by atoms with Crippen molar-refractivity contribution in [2.45, 2.75) is 39.2 Å². The van der Waals surface area contributed by atoms with Crippen molar-refractivity contribution < 1.29 is 4.79 Å². The van der Waals surface area contributed by atoms with Crippen LogP contribution in [0.15, 0.2) is 18.3 Å². The molecule has 0 N–H and O–H groups in total. The molecule has 2 fully saturated rings. The fourth-order valence-corrected chi connectivity index (χ4v) is 4.92. The zero-order chi connectivity index (χ0) is 19.0. The lowest BCUT2D eigenvalue weighted by Gasteiger charge is -2.48. The fourth-order valence-electron chi connectivity index (χ4n) is 4.92. The van der Waals surface area contributed by atoms with Crippen LogP contribution >= 0.6 is 0 Å². The van der Waals surface area contributed by atoms with E-state index in [1.165, 1.54) is 25.0 Å². The molecular weight excluding hydrogens is 340 g/mol. The van der Waals surface area contributed by atoms with Crippen molar-refractivity contribution in [1.29, 1.82) is 0 Å². The SMILES string of the molecule is Cc1cc(C(=O)N2CCCC3(CCCN(Cc4ccnn4C)C3)C2)n(C)n1. The molecule has 7 heteroatoms. The molecule has 27 heavy (non-hydrogen) atoms. The van der Waals surface area contributed by atoms with Crippen molar-refractivity contribution in [2.75, 3.05) is 26.2 Å². The molecule has 146 valence electrons. The highest BCUT2D eigenvalue weighted by atomic mass is 16.2. The Morgan fingerprint density at radius 2 is 1.93 bits per heavy atom. The third-order valence-electron chi connectivity index (χ3n) is 6.22. The molecule has 0 radical (unpaired) electrons. The molecule has 2 saturated heterocycles. The van der Waals surface area contributed by atoms with Crippen LogP contribution in [0.5, 0.6) is 0 Å². The van der Waals surface area contributed by atoms with E-state index < -0.39 is 0 Å². The first-order valence-electron chi connectivity index (χ1n) is 9.95. The number of nitrogens with zero attached hydrogens (tertiary/aromatic N) is 6. The van der Waals surface area contributed by atoms with Crippen LogP contribution in [0.3, 0.4) is 0 Å². The molecule has 4 heterocycles. The molecule has 0 bridgehead atoms. The maximum Gasteiger partial charge on any atom is 0.272 e. The minimum atomic E-state index is 0.126. The predicted molar refractivity (Wildman–Crippen MR) is 103 cm³/mol. The fraction of sp³-hybridized carbons (Fsp3) is 0.650. The molecule has 2 aromatic heterocycles. The first-order valence-corrected chi connectivity index (χ1v) is 9.95. The number of likely N-dealkylation sites (tertiary alicyclic amines) is 2. The Hall–Kier alpha value is -2.15. The summed E-state index contributed by atoms with van der Waals surface area (Å²) in [7, 11) is 3.86. The van der Waals surface area contributed by atoms with Gasteiger partial charge in [0.2, 0.25) is 0 Å². The minimum absolute atomic E-state index is 0.126. The van der Waals surface area contributed by atoms with E-state index >= 15 is 0 Å². The Morgan fingerprint density at radius 1 is 1.15 bits per heavy atom. The van der Waals surface area contributed by atoms with Crippen LogP contribution in [0.2, 0.25) is 0 Å². The molecule has 1 unspecified atom stereocenters. The van der Waals surface area contributed by atoms with Crippen molar-refractivity contribution in [1.82, 2.24) is 29.4 Å². The zero-order valence-electron chi connectivity index (χ0n) is 16.7. The second-order valence-electron chi connectivity index (χ2n) is 8.39. The standard InChI is InChI=1S/C20H30N6O/c1-16-12-18(24(3)22-16)19(27)26-11-5-8-20(15-26)7-4-10-25(14-20)13-17-6-9-21-23(17)2/h6,9,12H,4-5,7-8,10-11,13-15H2,1-3H3. The summed E-state index contributed by atoms with van der Waals surface area (Å²) in [6.45, 7) is 6.78. The zero-order valence-corrected chi connectivity index (χ0v) is 16.7. The van der Waals surface area contributed by atoms with Gasteiger partial charge in [-0.25, -0.2) is 0 Å². The molecule has 0 aliphatic carbocycles. The number of rotatable bonds is 3. The summed E-state index contributed by atoms with van der Waals surface area (Å²) in [6, 6.07) is 4.00. The number of hydrogen-bond acceptors (Lipinski definition) is 4. The van der Waals surface area contributed by atoms with Crippen molar-refractivity contribution in [3.63, 3.8) is 0 Å². The molecule has 4 rings (SSSR count). The summed E-state index contributed by atoms with van der Waals surface area (Å²) in [5.41, 5.74) is 3.07. The highest BCUT2D eigenvalue weighted by Crippen LogP contribution is 2.39. The minimum Gasteiger partial charge on any atom is -0.337 e. The Labute approximate surface area is 160 Å². The Balaban J connectivity index is 1.47. The van der Waals surface area contributed by atoms with Gasteiger partial charge in [0.1, 0.15) is 5.69 Å². The van der Waals surface area contributed by atoms with Gasteiger partial charge in [0.05, 0.1) is 11.4 Å². The Morgan fingerprint density at radius 3 is 2.59 bits per heavy atom. The topological polar surface area (TPSA) is 59.2 Å². The number of hydrogen-bond donors (Lipinski definition) is 0. The highest BCUT2D eigenvalue weighted by molar-refractivity contribution is 5.92. The summed E-state index contributed by atoms with van der Waals surface area (Å²) >= 11 is 0. The van der Waals surface area contributed by atoms with Crippen LogP contribution in [-0.2, 0) is 20.6 Å². The third kappa shape index (κ3) is 3.65. The predicted octanol–water partition coefficient (Wildman–Crippen LogP) is 1.98. The lowest BCUT2D eigenvalue weighted by Crippen LogP contribution is -2.53. The Bertz CT molecular complexity index is 820. The van der Waals surface area contributed by atoms with E-state index in [-0.39, 0.29) is 11.3 Å². The monoisotopic (exact) mass is 370 g/mol. The molecule has 1 spiro atoms. The second kappa shape index (κ2) is 7.11. The van der Waals surface area contributed by atoms with Gasteiger partial charge < -0.3 is 4.90 Å². The molecule has 2 aliphatic heterocycles. The van der Waals surface area contributed by atoms with E-state index in [9.17, 15) is 4.79 Å². The van der Waals surface area contributed by atoms with Crippen LogP contribution < -0.4 is 0 Å². The smallest absolute Gasteiger partial charge is 0.272 e. The number of carbonyl (C=O) groups is 1. The maximum atomic E-state index is 13.1. The van der Waals surface area contributed by atoms with E-state index in [1.54, 1.807) is 4.68 Å². The number of amides is 1. The Kier molecular flexibility index (Phi) is 4.80. The van der Waals surface area contributed by atoms with E-state index in [0.29, 0.717) is 5.69 Å². The molecule has 0 saturated carbocycles. The summed E-state index contributed by atoms with van der Waals surface area (Å²) in [5.74, 6) is 0.126. The summed E-state index contributed by atoms with van der Waals surface area (Å²) in [5, 5.41) is 8.64. The molecule has 1 atom stereocenters. The van der Waals surface area contributed by atoms with E-state index in [4.69, 9.17) is 0 Å². The molecule has 7 nitrogen and oxygen atoms in total. The summed E-state index contributed by atoms with van der Waals surface area (Å²) in [4.78, 5) is 17.7. The van der Waals surface area contributed by atoms with E-state index in [1.807, 2.05) is 38.0 Å². The molecular formula is C20H30N6O. The first kappa shape index (κ1) is 18.2. The number of aryl methyl sites for hydroxylation is 3. The largest absolute Gasteiger partial charge is 0.337 e. The summed E-state index contributed by atoms with van der Waals surface area (Å²) in [6.07, 6.45) is 6.57. The molecule has 0 aromatic carbocycles. The van der Waals surface area contributed by atoms with E-state index in [2.05, 4.69) is 26.1 Å². The van der Waals surface area contributed by atoms with Crippen LogP contribution in [0, 0.1) is 12.3 Å². The van der Waals surface area contributed by atoms with Crippen LogP contribution in [0.1, 0.15) is 47.6 Å². The van der Waals surface area contributed by atoms with Gasteiger partial charge in [-0.15, -0.1) is 0 Å². The van der Waals surface area contributed by atoms with E-state index in [0.717, 1.165) is 44.8 Å². The van der Waals surface area contributed by atoms with Gasteiger partial charge in [-0.2, -0.15) is 10.2 Å². The average molecular weight is 371 g/mol. The number of carbonyl (C=O) groups excluding carboxylic acids is 1. The first-order chi connectivity index (χ1) is 13.0. The van der Waals surface area contributed by atoms with Gasteiger partial charge >= 0.3 is 0 Å². The van der Waals surface area contributed by atoms with Gasteiger partial charge in [-0.05, 0) is 51.3 Å². The third-order valence-corrected chi connectivity index (χ3v) is 6.22. The van der Waals surface area contributed by atoms with Crippen molar-refractivity contribution in [3.05, 3.63) is 35.4 Å². The second-order valence-corrected chi connectivity index (χ2v) is 8.39. The number of aromatic nitrogens is 4. The van der Waals surface area contributed by atoms with Gasteiger partial charge in [0, 0.05) is 51.9 Å². The molecule has 2 aromatic rings. The van der Waals surface area contributed by atoms with Crippen molar-refractivity contribution in [2.24, 2.45) is 19.5 Å². The van der Waals surface area contributed by atoms with Gasteiger partial charge in [0.15, 0.2) is 0 Å². The average Bonchev–Trinajstić information content (AvgIpc) is 3.19. The van der Waals surface area contributed by atoms with Crippen molar-refractivity contribution >= 4 is 5.91 Å².